The maximum atomic E-state index is 10.9. The van der Waals surface area contributed by atoms with Gasteiger partial charge in [0.05, 0.1) is 6.21 Å². The van der Waals surface area contributed by atoms with Gasteiger partial charge in [0.25, 0.3) is 0 Å². The molecular formula is C20H18N3OP. The van der Waals surface area contributed by atoms with Crippen molar-refractivity contribution in [3.63, 3.8) is 0 Å². The Morgan fingerprint density at radius 2 is 1.36 bits per heavy atom. The summed E-state index contributed by atoms with van der Waals surface area (Å²) in [6.45, 7) is 0. The maximum Gasteiger partial charge on any atom is 0.332 e. The molecule has 5 heteroatoms. The molecule has 0 aliphatic heterocycles. The van der Waals surface area contributed by atoms with Crippen molar-refractivity contribution in [1.82, 2.24) is 5.43 Å². The summed E-state index contributed by atoms with van der Waals surface area (Å²) >= 11 is 0. The SMILES string of the molecule is NC(=O)N/N=C/c1ccccc1P(c1ccccc1)c1ccccc1. The third kappa shape index (κ3) is 4.31. The zero-order chi connectivity index (χ0) is 17.5. The van der Waals surface area contributed by atoms with E-state index in [1.54, 1.807) is 6.21 Å². The van der Waals surface area contributed by atoms with Crippen molar-refractivity contribution >= 4 is 36.1 Å². The summed E-state index contributed by atoms with van der Waals surface area (Å²) in [5.41, 5.74) is 8.29. The van der Waals surface area contributed by atoms with Gasteiger partial charge < -0.3 is 5.73 Å². The molecule has 3 N–H and O–H groups in total. The lowest BCUT2D eigenvalue weighted by atomic mass is 10.2. The van der Waals surface area contributed by atoms with Crippen molar-refractivity contribution in [1.29, 1.82) is 0 Å². The minimum atomic E-state index is -0.734. The third-order valence-electron chi connectivity index (χ3n) is 3.58. The van der Waals surface area contributed by atoms with Crippen LogP contribution in [0.3, 0.4) is 0 Å². The third-order valence-corrected chi connectivity index (χ3v) is 6.10. The van der Waals surface area contributed by atoms with Crippen LogP contribution < -0.4 is 27.1 Å². The fourth-order valence-corrected chi connectivity index (χ4v) is 4.97. The van der Waals surface area contributed by atoms with E-state index in [1.807, 2.05) is 30.3 Å². The standard InChI is InChI=1S/C20H18N3OP/c21-20(24)23-22-15-16-9-7-8-14-19(16)25(17-10-3-1-4-11-17)18-12-5-2-6-13-18/h1-15H,(H3,21,23,24)/b22-15+. The number of urea groups is 1. The number of hydrogen-bond donors (Lipinski definition) is 2. The first-order valence-corrected chi connectivity index (χ1v) is 9.17. The lowest BCUT2D eigenvalue weighted by Gasteiger charge is -2.21. The van der Waals surface area contributed by atoms with Gasteiger partial charge in [0.2, 0.25) is 0 Å². The Labute approximate surface area is 148 Å². The monoisotopic (exact) mass is 347 g/mol. The van der Waals surface area contributed by atoms with E-state index in [2.05, 4.69) is 65.1 Å². The molecule has 0 saturated carbocycles. The molecule has 0 aromatic heterocycles. The van der Waals surface area contributed by atoms with Gasteiger partial charge in [0.1, 0.15) is 0 Å². The van der Waals surface area contributed by atoms with E-state index in [0.29, 0.717) is 0 Å². The summed E-state index contributed by atoms with van der Waals surface area (Å²) in [5, 5.41) is 7.62. The summed E-state index contributed by atoms with van der Waals surface area (Å²) in [5.74, 6) is 0. The number of hydrazone groups is 1. The smallest absolute Gasteiger partial charge is 0.332 e. The first kappa shape index (κ1) is 16.9. The number of primary amides is 1. The van der Waals surface area contributed by atoms with E-state index in [9.17, 15) is 4.79 Å². The van der Waals surface area contributed by atoms with Crippen LogP contribution in [0.1, 0.15) is 5.56 Å². The number of benzene rings is 3. The molecule has 3 aromatic rings. The second-order valence-electron chi connectivity index (χ2n) is 5.30. The maximum absolute atomic E-state index is 10.9. The van der Waals surface area contributed by atoms with Gasteiger partial charge in [-0.25, -0.2) is 10.2 Å². The highest BCUT2D eigenvalue weighted by molar-refractivity contribution is 7.80. The number of nitrogens with zero attached hydrogens (tertiary/aromatic N) is 1. The quantitative estimate of drug-likeness (QED) is 0.415. The van der Waals surface area contributed by atoms with Gasteiger partial charge in [-0.1, -0.05) is 84.9 Å². The summed E-state index contributed by atoms with van der Waals surface area (Å²) in [4.78, 5) is 10.9. The Balaban J connectivity index is 2.09. The molecule has 0 aliphatic carbocycles. The van der Waals surface area contributed by atoms with Crippen LogP contribution >= 0.6 is 7.92 Å². The molecule has 0 heterocycles. The molecule has 0 spiro atoms. The molecule has 0 fully saturated rings. The normalized spacial score (nSPS) is 10.9. The molecule has 4 nitrogen and oxygen atoms in total. The van der Waals surface area contributed by atoms with Crippen LogP contribution in [0.2, 0.25) is 0 Å². The van der Waals surface area contributed by atoms with Crippen LogP contribution in [0.4, 0.5) is 4.79 Å². The second kappa shape index (κ2) is 8.22. The van der Waals surface area contributed by atoms with E-state index in [0.717, 1.165) is 5.56 Å². The van der Waals surface area contributed by atoms with Crippen molar-refractivity contribution < 1.29 is 4.79 Å². The molecule has 0 unspecified atom stereocenters. The zero-order valence-corrected chi connectivity index (χ0v) is 14.4. The van der Waals surface area contributed by atoms with Crippen LogP contribution in [-0.2, 0) is 0 Å². The lowest BCUT2D eigenvalue weighted by Crippen LogP contribution is -2.26. The van der Waals surface area contributed by atoms with Gasteiger partial charge in [0, 0.05) is 5.56 Å². The predicted molar refractivity (Wildman–Crippen MR) is 105 cm³/mol. The number of carbonyl (C=O) groups is 1. The molecule has 0 aliphatic rings. The number of hydrogen-bond acceptors (Lipinski definition) is 2. The minimum absolute atomic E-state index is 0.679. The van der Waals surface area contributed by atoms with E-state index in [1.165, 1.54) is 15.9 Å². The van der Waals surface area contributed by atoms with Crippen LogP contribution in [0, 0.1) is 0 Å². The largest absolute Gasteiger partial charge is 0.350 e. The van der Waals surface area contributed by atoms with Crippen LogP contribution in [0.15, 0.2) is 90.0 Å². The number of carbonyl (C=O) groups excluding carboxylic acids is 1. The minimum Gasteiger partial charge on any atom is -0.350 e. The zero-order valence-electron chi connectivity index (χ0n) is 13.5. The fourth-order valence-electron chi connectivity index (χ4n) is 2.55. The molecule has 0 bridgehead atoms. The summed E-state index contributed by atoms with van der Waals surface area (Å²) < 4.78 is 0. The predicted octanol–water partition coefficient (Wildman–Crippen LogP) is 2.45. The first-order chi connectivity index (χ1) is 12.3. The Bertz CT molecular complexity index is 827. The average molecular weight is 347 g/mol. The molecule has 3 rings (SSSR count). The molecule has 124 valence electrons. The van der Waals surface area contributed by atoms with E-state index < -0.39 is 14.0 Å². The fraction of sp³-hybridized carbons (Fsp3) is 0. The van der Waals surface area contributed by atoms with Crippen molar-refractivity contribution in [3.05, 3.63) is 90.5 Å². The number of amides is 2. The van der Waals surface area contributed by atoms with Gasteiger partial charge in [0.15, 0.2) is 0 Å². The summed E-state index contributed by atoms with van der Waals surface area (Å²) in [7, 11) is -0.734. The van der Waals surface area contributed by atoms with Gasteiger partial charge in [-0.05, 0) is 23.8 Å². The highest BCUT2D eigenvalue weighted by Crippen LogP contribution is 2.33. The number of nitrogens with two attached hydrogens (primary N) is 1. The van der Waals surface area contributed by atoms with Crippen LogP contribution in [-0.4, -0.2) is 12.2 Å². The van der Waals surface area contributed by atoms with Gasteiger partial charge in [-0.15, -0.1) is 0 Å². The Morgan fingerprint density at radius 3 is 1.92 bits per heavy atom. The Hall–Kier alpha value is -2.97. The van der Waals surface area contributed by atoms with Crippen molar-refractivity contribution in [2.24, 2.45) is 10.8 Å². The van der Waals surface area contributed by atoms with Crippen molar-refractivity contribution in [3.8, 4) is 0 Å². The molecular weight excluding hydrogens is 329 g/mol. The van der Waals surface area contributed by atoms with E-state index in [-0.39, 0.29) is 0 Å². The molecule has 2 amide bonds. The first-order valence-electron chi connectivity index (χ1n) is 7.83. The van der Waals surface area contributed by atoms with E-state index in [4.69, 9.17) is 5.73 Å². The Kier molecular flexibility index (Phi) is 5.55. The second-order valence-corrected chi connectivity index (χ2v) is 7.48. The molecule has 0 atom stereocenters. The highest BCUT2D eigenvalue weighted by Gasteiger charge is 2.18. The average Bonchev–Trinajstić information content (AvgIpc) is 2.65. The highest BCUT2D eigenvalue weighted by atomic mass is 31.1. The molecule has 0 saturated heterocycles. The van der Waals surface area contributed by atoms with Crippen molar-refractivity contribution in [2.75, 3.05) is 0 Å². The topological polar surface area (TPSA) is 67.5 Å². The Morgan fingerprint density at radius 1 is 0.840 bits per heavy atom. The lowest BCUT2D eigenvalue weighted by molar-refractivity contribution is 0.249. The van der Waals surface area contributed by atoms with Crippen LogP contribution in [0.25, 0.3) is 0 Å². The molecule has 3 aromatic carbocycles. The van der Waals surface area contributed by atoms with E-state index >= 15 is 0 Å². The summed E-state index contributed by atoms with van der Waals surface area (Å²) in [6, 6.07) is 28.2. The van der Waals surface area contributed by atoms with Gasteiger partial charge >= 0.3 is 6.03 Å². The van der Waals surface area contributed by atoms with Gasteiger partial charge in [-0.2, -0.15) is 5.10 Å². The number of rotatable bonds is 5. The number of nitrogens with one attached hydrogen (secondary N) is 1. The van der Waals surface area contributed by atoms with Crippen molar-refractivity contribution in [2.45, 2.75) is 0 Å². The molecule has 25 heavy (non-hydrogen) atoms. The van der Waals surface area contributed by atoms with Gasteiger partial charge in [-0.3, -0.25) is 0 Å². The summed E-state index contributed by atoms with van der Waals surface area (Å²) in [6.07, 6.45) is 1.64. The van der Waals surface area contributed by atoms with Crippen LogP contribution in [0.5, 0.6) is 0 Å². The molecule has 0 radical (unpaired) electrons.